The molecule has 0 saturated carbocycles. The number of nitrogens with one attached hydrogen (secondary N) is 1. The van der Waals surface area contributed by atoms with Gasteiger partial charge >= 0.3 is 0 Å². The molecule has 1 amide bonds. The second-order valence-electron chi connectivity index (χ2n) is 6.36. The Morgan fingerprint density at radius 2 is 1.72 bits per heavy atom. The van der Waals surface area contributed by atoms with Gasteiger partial charge in [-0.1, -0.05) is 30.3 Å². The topological polar surface area (TPSA) is 35.6 Å². The Bertz CT molecular complexity index is 707. The number of carbonyl (C=O) groups is 1. The third-order valence-corrected chi connectivity index (χ3v) is 5.40. The highest BCUT2D eigenvalue weighted by Gasteiger charge is 2.24. The Balaban J connectivity index is 1.60. The molecule has 0 radical (unpaired) electrons. The van der Waals surface area contributed by atoms with Crippen LogP contribution in [-0.2, 0) is 4.79 Å². The van der Waals surface area contributed by atoms with Crippen molar-refractivity contribution in [2.24, 2.45) is 0 Å². The fourth-order valence-electron chi connectivity index (χ4n) is 3.19. The van der Waals surface area contributed by atoms with Crippen molar-refractivity contribution in [2.75, 3.05) is 36.4 Å². The van der Waals surface area contributed by atoms with E-state index in [9.17, 15) is 4.79 Å². The number of anilines is 2. The lowest BCUT2D eigenvalue weighted by Gasteiger charge is -2.27. The largest absolute Gasteiger partial charge is 0.370 e. The van der Waals surface area contributed by atoms with Crippen LogP contribution in [-0.4, -0.2) is 43.0 Å². The molecule has 25 heavy (non-hydrogen) atoms. The van der Waals surface area contributed by atoms with Crippen LogP contribution in [0.25, 0.3) is 0 Å². The number of nitrogens with zero attached hydrogens (tertiary/aromatic N) is 2. The lowest BCUT2D eigenvalue weighted by molar-refractivity contribution is -0.120. The molecule has 1 fully saturated rings. The molecule has 0 aromatic heterocycles. The quantitative estimate of drug-likeness (QED) is 0.840. The molecule has 0 aliphatic carbocycles. The van der Waals surface area contributed by atoms with Gasteiger partial charge in [0.15, 0.2) is 0 Å². The summed E-state index contributed by atoms with van der Waals surface area (Å²) in [6.07, 6.45) is 1.06. The van der Waals surface area contributed by atoms with Gasteiger partial charge in [0.2, 0.25) is 5.91 Å². The highest BCUT2D eigenvalue weighted by molar-refractivity contribution is 9.10. The van der Waals surface area contributed by atoms with E-state index >= 15 is 0 Å². The van der Waals surface area contributed by atoms with Gasteiger partial charge in [-0.05, 0) is 53.5 Å². The van der Waals surface area contributed by atoms with Crippen LogP contribution in [0.15, 0.2) is 59.1 Å². The summed E-state index contributed by atoms with van der Waals surface area (Å²) in [6, 6.07) is 18.1. The first-order valence-electron chi connectivity index (χ1n) is 8.74. The molecule has 0 bridgehead atoms. The zero-order valence-corrected chi connectivity index (χ0v) is 16.1. The number of halogens is 1. The second kappa shape index (κ2) is 8.50. The van der Waals surface area contributed by atoms with Crippen LogP contribution in [0.1, 0.15) is 13.3 Å². The van der Waals surface area contributed by atoms with Crippen molar-refractivity contribution in [1.29, 1.82) is 0 Å². The van der Waals surface area contributed by atoms with E-state index in [0.29, 0.717) is 0 Å². The van der Waals surface area contributed by atoms with E-state index in [2.05, 4.69) is 55.3 Å². The van der Waals surface area contributed by atoms with Gasteiger partial charge in [0.05, 0.1) is 11.7 Å². The molecule has 3 rings (SSSR count). The minimum Gasteiger partial charge on any atom is -0.370 e. The summed E-state index contributed by atoms with van der Waals surface area (Å²) < 4.78 is 0.904. The molecule has 1 aliphatic rings. The Kier molecular flexibility index (Phi) is 6.10. The first kappa shape index (κ1) is 18.0. The fraction of sp³-hybridized carbons (Fsp3) is 0.350. The summed E-state index contributed by atoms with van der Waals surface area (Å²) >= 11 is 3.48. The van der Waals surface area contributed by atoms with E-state index in [4.69, 9.17) is 0 Å². The highest BCUT2D eigenvalue weighted by atomic mass is 79.9. The minimum atomic E-state index is -0.150. The molecule has 132 valence electrons. The van der Waals surface area contributed by atoms with Crippen molar-refractivity contribution >= 4 is 33.2 Å². The molecule has 1 heterocycles. The Morgan fingerprint density at radius 1 is 1.00 bits per heavy atom. The summed E-state index contributed by atoms with van der Waals surface area (Å²) in [7, 11) is 0. The summed E-state index contributed by atoms with van der Waals surface area (Å²) in [4.78, 5) is 17.3. The van der Waals surface area contributed by atoms with Gasteiger partial charge in [0, 0.05) is 36.3 Å². The summed E-state index contributed by atoms with van der Waals surface area (Å²) in [5.74, 6) is 0.0417. The van der Waals surface area contributed by atoms with Crippen molar-refractivity contribution in [1.82, 2.24) is 4.90 Å². The van der Waals surface area contributed by atoms with E-state index in [1.54, 1.807) is 0 Å². The monoisotopic (exact) mass is 401 g/mol. The van der Waals surface area contributed by atoms with Crippen molar-refractivity contribution in [3.63, 3.8) is 0 Å². The molecule has 2 aromatic rings. The fourth-order valence-corrected chi connectivity index (χ4v) is 3.57. The van der Waals surface area contributed by atoms with Gasteiger partial charge in [-0.3, -0.25) is 9.69 Å². The van der Waals surface area contributed by atoms with Crippen LogP contribution in [0.3, 0.4) is 0 Å². The third kappa shape index (κ3) is 4.61. The van der Waals surface area contributed by atoms with E-state index in [1.807, 2.05) is 37.3 Å². The molecular formula is C20H24BrN3O. The average molecular weight is 402 g/mol. The number of amides is 1. The molecular weight excluding hydrogens is 378 g/mol. The first-order valence-corrected chi connectivity index (χ1v) is 9.54. The number of benzene rings is 2. The highest BCUT2D eigenvalue weighted by Crippen LogP contribution is 2.22. The molecule has 0 spiro atoms. The van der Waals surface area contributed by atoms with Gasteiger partial charge in [0.25, 0.3) is 0 Å². The van der Waals surface area contributed by atoms with E-state index < -0.39 is 0 Å². The maximum Gasteiger partial charge on any atom is 0.241 e. The SMILES string of the molecule is CC(C(=O)Nc1ccccc1Br)N1CCCN(c2ccccc2)CC1. The first-order chi connectivity index (χ1) is 12.1. The van der Waals surface area contributed by atoms with Crippen LogP contribution < -0.4 is 10.2 Å². The van der Waals surface area contributed by atoms with Crippen LogP contribution in [0.2, 0.25) is 0 Å². The maximum absolute atomic E-state index is 12.6. The number of rotatable bonds is 4. The molecule has 1 saturated heterocycles. The van der Waals surface area contributed by atoms with Gasteiger partial charge in [0.1, 0.15) is 0 Å². The van der Waals surface area contributed by atoms with Crippen LogP contribution in [0.4, 0.5) is 11.4 Å². The van der Waals surface area contributed by atoms with Gasteiger partial charge in [-0.25, -0.2) is 0 Å². The molecule has 5 heteroatoms. The zero-order valence-electron chi connectivity index (χ0n) is 14.5. The van der Waals surface area contributed by atoms with Gasteiger partial charge < -0.3 is 10.2 Å². The molecule has 1 unspecified atom stereocenters. The maximum atomic E-state index is 12.6. The smallest absolute Gasteiger partial charge is 0.241 e. The zero-order chi connectivity index (χ0) is 17.6. The standard InChI is InChI=1S/C20H24BrN3O/c1-16(20(25)22-19-11-6-5-10-18(19)21)23-12-7-13-24(15-14-23)17-8-3-2-4-9-17/h2-6,8-11,16H,7,12-15H2,1H3,(H,22,25). The molecule has 2 aromatic carbocycles. The summed E-state index contributed by atoms with van der Waals surface area (Å²) in [5.41, 5.74) is 2.08. The Hall–Kier alpha value is -1.85. The van der Waals surface area contributed by atoms with Crippen molar-refractivity contribution < 1.29 is 4.79 Å². The molecule has 4 nitrogen and oxygen atoms in total. The Labute approximate surface area is 158 Å². The van der Waals surface area contributed by atoms with Crippen molar-refractivity contribution in [3.8, 4) is 0 Å². The second-order valence-corrected chi connectivity index (χ2v) is 7.21. The summed E-state index contributed by atoms with van der Waals surface area (Å²) in [6.45, 7) is 5.79. The summed E-state index contributed by atoms with van der Waals surface area (Å²) in [5, 5.41) is 3.03. The van der Waals surface area contributed by atoms with Crippen LogP contribution in [0, 0.1) is 0 Å². The van der Waals surface area contributed by atoms with Crippen molar-refractivity contribution in [2.45, 2.75) is 19.4 Å². The van der Waals surface area contributed by atoms with Crippen molar-refractivity contribution in [3.05, 3.63) is 59.1 Å². The predicted octanol–water partition coefficient (Wildman–Crippen LogP) is 3.99. The van der Waals surface area contributed by atoms with Crippen LogP contribution >= 0.6 is 15.9 Å². The van der Waals surface area contributed by atoms with E-state index in [-0.39, 0.29) is 11.9 Å². The number of hydrogen-bond donors (Lipinski definition) is 1. The molecule has 1 atom stereocenters. The average Bonchev–Trinajstić information content (AvgIpc) is 2.90. The van der Waals surface area contributed by atoms with E-state index in [1.165, 1.54) is 5.69 Å². The minimum absolute atomic E-state index is 0.0417. The van der Waals surface area contributed by atoms with Gasteiger partial charge in [-0.15, -0.1) is 0 Å². The number of carbonyl (C=O) groups excluding carboxylic acids is 1. The number of hydrogen-bond acceptors (Lipinski definition) is 3. The van der Waals surface area contributed by atoms with E-state index in [0.717, 1.165) is 42.8 Å². The Morgan fingerprint density at radius 3 is 2.48 bits per heavy atom. The predicted molar refractivity (Wildman–Crippen MR) is 107 cm³/mol. The number of para-hydroxylation sites is 2. The van der Waals surface area contributed by atoms with Gasteiger partial charge in [-0.2, -0.15) is 0 Å². The normalized spacial score (nSPS) is 17.0. The lowest BCUT2D eigenvalue weighted by atomic mass is 10.2. The molecule has 1 aliphatic heterocycles. The lowest BCUT2D eigenvalue weighted by Crippen LogP contribution is -2.44. The molecule has 1 N–H and O–H groups in total. The third-order valence-electron chi connectivity index (χ3n) is 4.71. The van der Waals surface area contributed by atoms with Crippen LogP contribution in [0.5, 0.6) is 0 Å².